The minimum Gasteiger partial charge on any atom is -0.461 e. The molecular weight excluding hydrogens is 514 g/mol. The first-order valence-corrected chi connectivity index (χ1v) is 13.3. The Kier molecular flexibility index (Phi) is 5.79. The molecule has 2 saturated heterocycles. The number of aromatic nitrogens is 3. The molecule has 40 heavy (non-hydrogen) atoms. The summed E-state index contributed by atoms with van der Waals surface area (Å²) in [7, 11) is 0. The molecule has 0 saturated carbocycles. The van der Waals surface area contributed by atoms with Crippen LogP contribution in [0, 0.1) is 11.8 Å². The van der Waals surface area contributed by atoms with Gasteiger partial charge in [-0.05, 0) is 23.8 Å². The lowest BCUT2D eigenvalue weighted by molar-refractivity contribution is -0.155. The lowest BCUT2D eigenvalue weighted by Crippen LogP contribution is -2.56. The third-order valence-electron chi connectivity index (χ3n) is 8.35. The van der Waals surface area contributed by atoms with E-state index in [1.54, 1.807) is 46.0 Å². The largest absolute Gasteiger partial charge is 0.461 e. The number of cyclic esters (lactones) is 1. The van der Waals surface area contributed by atoms with Crippen molar-refractivity contribution in [2.45, 2.75) is 30.5 Å². The van der Waals surface area contributed by atoms with Gasteiger partial charge in [-0.15, -0.1) is 5.10 Å². The van der Waals surface area contributed by atoms with Crippen LogP contribution in [0.2, 0.25) is 0 Å². The average Bonchev–Trinajstić information content (AvgIpc) is 3.52. The molecule has 4 aliphatic rings. The zero-order chi connectivity index (χ0) is 27.4. The molecule has 11 nitrogen and oxygen atoms in total. The molecule has 1 unspecified atom stereocenters. The van der Waals surface area contributed by atoms with Crippen molar-refractivity contribution < 1.29 is 29.0 Å². The maximum atomic E-state index is 14.5. The summed E-state index contributed by atoms with van der Waals surface area (Å²) in [6.07, 6.45) is 6.27. The van der Waals surface area contributed by atoms with E-state index in [-0.39, 0.29) is 25.7 Å². The number of carbonyl (C=O) groups excluding carboxylic acids is 3. The number of aliphatic hydroxyl groups excluding tert-OH is 1. The lowest BCUT2D eigenvalue weighted by Gasteiger charge is -2.38. The number of esters is 1. The fourth-order valence-corrected chi connectivity index (χ4v) is 6.63. The van der Waals surface area contributed by atoms with Gasteiger partial charge in [0.15, 0.2) is 0 Å². The minimum absolute atomic E-state index is 0.0902. The van der Waals surface area contributed by atoms with Gasteiger partial charge >= 0.3 is 5.97 Å². The molecule has 0 aliphatic carbocycles. The second kappa shape index (κ2) is 9.39. The summed E-state index contributed by atoms with van der Waals surface area (Å²) in [6, 6.07) is 14.6. The van der Waals surface area contributed by atoms with Gasteiger partial charge in [0.2, 0.25) is 5.91 Å². The first kappa shape index (κ1) is 24.7. The van der Waals surface area contributed by atoms with Crippen molar-refractivity contribution >= 4 is 28.8 Å². The number of hydrogen-bond acceptors (Lipinski definition) is 8. The van der Waals surface area contributed by atoms with Gasteiger partial charge in [0.05, 0.1) is 30.2 Å². The van der Waals surface area contributed by atoms with Crippen LogP contribution in [0.1, 0.15) is 11.6 Å². The van der Waals surface area contributed by atoms with Crippen molar-refractivity contribution in [2.24, 2.45) is 11.8 Å². The molecule has 3 aromatic rings. The summed E-state index contributed by atoms with van der Waals surface area (Å²) in [6.45, 7) is -0.00678. The Balaban J connectivity index is 1.34. The topological polar surface area (TPSA) is 127 Å². The fraction of sp³-hybridized carbons (Fsp3) is 0.345. The summed E-state index contributed by atoms with van der Waals surface area (Å²) < 4.78 is 13.6. The van der Waals surface area contributed by atoms with Crippen LogP contribution < -0.4 is 0 Å². The van der Waals surface area contributed by atoms with Gasteiger partial charge < -0.3 is 24.4 Å². The van der Waals surface area contributed by atoms with Crippen LogP contribution in [0.25, 0.3) is 11.0 Å². The standard InChI is InChI=1S/C29H27N5O6/c35-16-21(18-8-2-1-3-9-18)34-25-27(37)32(17-33-20-11-5-4-10-19(20)30-31-33)14-7-13-29(25)24(26(34)36)23-22(40-29)12-6-15-39-28(23)38/h1-13,21-25,35H,14-17H2/t21-,22-,23+,24+,25?,29+/m1/s1. The maximum Gasteiger partial charge on any atom is 0.313 e. The summed E-state index contributed by atoms with van der Waals surface area (Å²) >= 11 is 0. The Labute approximate surface area is 229 Å². The molecule has 1 spiro atoms. The van der Waals surface area contributed by atoms with Gasteiger partial charge in [0, 0.05) is 6.54 Å². The number of fused-ring (bicyclic) bond motifs is 3. The predicted octanol–water partition coefficient (Wildman–Crippen LogP) is 1.21. The summed E-state index contributed by atoms with van der Waals surface area (Å²) in [4.78, 5) is 45.0. The molecule has 5 heterocycles. The monoisotopic (exact) mass is 541 g/mol. The zero-order valence-electron chi connectivity index (χ0n) is 21.4. The lowest BCUT2D eigenvalue weighted by atomic mass is 9.78. The Morgan fingerprint density at radius 1 is 1.02 bits per heavy atom. The highest BCUT2D eigenvalue weighted by atomic mass is 16.6. The zero-order valence-corrected chi connectivity index (χ0v) is 21.4. The van der Waals surface area contributed by atoms with E-state index in [0.29, 0.717) is 11.1 Å². The van der Waals surface area contributed by atoms with E-state index >= 15 is 0 Å². The van der Waals surface area contributed by atoms with Crippen molar-refractivity contribution in [1.82, 2.24) is 24.8 Å². The van der Waals surface area contributed by atoms with Gasteiger partial charge in [-0.2, -0.15) is 0 Å². The molecule has 2 aromatic carbocycles. The number of para-hydroxylation sites is 1. The van der Waals surface area contributed by atoms with Gasteiger partial charge in [0.1, 0.15) is 36.4 Å². The third kappa shape index (κ3) is 3.54. The van der Waals surface area contributed by atoms with Crippen LogP contribution in [-0.4, -0.2) is 85.2 Å². The van der Waals surface area contributed by atoms with E-state index in [4.69, 9.17) is 9.47 Å². The summed E-state index contributed by atoms with van der Waals surface area (Å²) in [5.41, 5.74) is 0.706. The van der Waals surface area contributed by atoms with Crippen LogP contribution >= 0.6 is 0 Å². The molecule has 1 aromatic heterocycles. The quantitative estimate of drug-likeness (QED) is 0.377. The van der Waals surface area contributed by atoms with Gasteiger partial charge in [-0.25, -0.2) is 4.68 Å². The number of rotatable bonds is 5. The van der Waals surface area contributed by atoms with E-state index in [2.05, 4.69) is 10.3 Å². The highest BCUT2D eigenvalue weighted by Crippen LogP contribution is 2.55. The van der Waals surface area contributed by atoms with Crippen LogP contribution in [0.3, 0.4) is 0 Å². The average molecular weight is 542 g/mol. The van der Waals surface area contributed by atoms with Crippen LogP contribution in [-0.2, 0) is 30.5 Å². The van der Waals surface area contributed by atoms with Gasteiger partial charge in [0.25, 0.3) is 5.91 Å². The number of carbonyl (C=O) groups is 3. The first-order chi connectivity index (χ1) is 19.5. The molecule has 0 bridgehead atoms. The normalized spacial score (nSPS) is 30.1. The highest BCUT2D eigenvalue weighted by Gasteiger charge is 2.72. The van der Waals surface area contributed by atoms with Crippen LogP contribution in [0.15, 0.2) is 78.9 Å². The van der Waals surface area contributed by atoms with Crippen LogP contribution in [0.4, 0.5) is 0 Å². The Bertz CT molecular complexity index is 1550. The van der Waals surface area contributed by atoms with Crippen molar-refractivity contribution in [2.75, 3.05) is 19.8 Å². The molecule has 4 aliphatic heterocycles. The van der Waals surface area contributed by atoms with Crippen molar-refractivity contribution in [3.05, 3.63) is 84.5 Å². The second-order valence-electron chi connectivity index (χ2n) is 10.4. The predicted molar refractivity (Wildman–Crippen MR) is 140 cm³/mol. The van der Waals surface area contributed by atoms with Crippen molar-refractivity contribution in [3.8, 4) is 0 Å². The molecule has 6 atom stereocenters. The number of benzene rings is 2. The smallest absolute Gasteiger partial charge is 0.313 e. The number of amides is 2. The van der Waals surface area contributed by atoms with E-state index in [1.807, 2.05) is 42.5 Å². The molecule has 0 radical (unpaired) electrons. The first-order valence-electron chi connectivity index (χ1n) is 13.3. The Hall–Kier alpha value is -4.35. The number of nitrogens with zero attached hydrogens (tertiary/aromatic N) is 5. The maximum absolute atomic E-state index is 14.5. The molecule has 11 heteroatoms. The molecule has 7 rings (SSSR count). The van der Waals surface area contributed by atoms with E-state index in [9.17, 15) is 19.5 Å². The Morgan fingerprint density at radius 3 is 2.65 bits per heavy atom. The van der Waals surface area contributed by atoms with E-state index in [0.717, 1.165) is 5.52 Å². The SMILES string of the molecule is O=C1OCC=C[C@H]2O[C@]34C=CCN(Cn5nnc6ccccc65)C(=O)C3N([C@H](CO)c3ccccc3)C(=O)[C@@H]4[C@@H]12. The second-order valence-corrected chi connectivity index (χ2v) is 10.4. The number of likely N-dealkylation sites (tertiary alicyclic amines) is 1. The molecule has 2 fully saturated rings. The highest BCUT2D eigenvalue weighted by molar-refractivity contribution is 5.99. The van der Waals surface area contributed by atoms with Crippen molar-refractivity contribution in [3.63, 3.8) is 0 Å². The summed E-state index contributed by atoms with van der Waals surface area (Å²) in [5, 5.41) is 19.0. The molecular formula is C29H27N5O6. The Morgan fingerprint density at radius 2 is 1.82 bits per heavy atom. The van der Waals surface area contributed by atoms with E-state index in [1.165, 1.54) is 4.90 Å². The molecule has 1 N–H and O–H groups in total. The number of ether oxygens (including phenoxy) is 2. The molecule has 204 valence electrons. The number of aliphatic hydroxyl groups is 1. The minimum atomic E-state index is -1.43. The van der Waals surface area contributed by atoms with Crippen molar-refractivity contribution in [1.29, 1.82) is 0 Å². The summed E-state index contributed by atoms with van der Waals surface area (Å²) in [5.74, 6) is -3.26. The van der Waals surface area contributed by atoms with E-state index < -0.39 is 54.1 Å². The fourth-order valence-electron chi connectivity index (χ4n) is 6.63. The van der Waals surface area contributed by atoms with Crippen LogP contribution in [0.5, 0.6) is 0 Å². The third-order valence-corrected chi connectivity index (χ3v) is 8.35. The number of hydrogen-bond donors (Lipinski definition) is 1. The van der Waals surface area contributed by atoms with Gasteiger partial charge in [-0.3, -0.25) is 14.4 Å². The van der Waals surface area contributed by atoms with Gasteiger partial charge in [-0.1, -0.05) is 65.9 Å². The molecule has 2 amide bonds.